The van der Waals surface area contributed by atoms with Gasteiger partial charge in [-0.3, -0.25) is 0 Å². The van der Waals surface area contributed by atoms with Crippen molar-refractivity contribution in [1.82, 2.24) is 4.57 Å². The normalized spacial score (nSPS) is 15.9. The second-order valence-electron chi connectivity index (χ2n) is 6.41. The summed E-state index contributed by atoms with van der Waals surface area (Å²) in [7, 11) is 0. The summed E-state index contributed by atoms with van der Waals surface area (Å²) in [4.78, 5) is 0. The van der Waals surface area contributed by atoms with Gasteiger partial charge >= 0.3 is 11.8 Å². The Bertz CT molecular complexity index is 1010. The van der Waals surface area contributed by atoms with E-state index in [0.29, 0.717) is 16.1 Å². The number of fused-ring (bicyclic) bond motifs is 1. The van der Waals surface area contributed by atoms with Gasteiger partial charge in [-0.1, -0.05) is 30.1 Å². The molecule has 146 valence electrons. The highest BCUT2D eigenvalue weighted by Gasteiger charge is 2.36. The SMILES string of the molecule is CC[C@@H]1CSc2n(-c3ccc(Cl)c(Cl)c3)c(-c3ccc(OC(F)F)cc3)c[n+]21. The highest BCUT2D eigenvalue weighted by Crippen LogP contribution is 2.37. The first-order valence-electron chi connectivity index (χ1n) is 8.78. The maximum atomic E-state index is 12.4. The summed E-state index contributed by atoms with van der Waals surface area (Å²) in [5.41, 5.74) is 2.74. The summed E-state index contributed by atoms with van der Waals surface area (Å²) in [6.07, 6.45) is 3.13. The van der Waals surface area contributed by atoms with E-state index in [1.807, 2.05) is 12.1 Å². The van der Waals surface area contributed by atoms with Crippen molar-refractivity contribution in [3.8, 4) is 22.7 Å². The third-order valence-electron chi connectivity index (χ3n) is 4.72. The highest BCUT2D eigenvalue weighted by atomic mass is 35.5. The number of rotatable bonds is 5. The van der Waals surface area contributed by atoms with Gasteiger partial charge in [-0.05, 0) is 54.6 Å². The molecule has 1 atom stereocenters. The summed E-state index contributed by atoms with van der Waals surface area (Å²) in [6.45, 7) is -0.674. The van der Waals surface area contributed by atoms with Crippen LogP contribution in [0.2, 0.25) is 10.0 Å². The predicted octanol–water partition coefficient (Wildman–Crippen LogP) is 6.40. The van der Waals surface area contributed by atoms with Crippen LogP contribution >= 0.6 is 35.0 Å². The zero-order valence-corrected chi connectivity index (χ0v) is 17.2. The number of nitrogens with zero attached hydrogens (tertiary/aromatic N) is 2. The van der Waals surface area contributed by atoms with Crippen molar-refractivity contribution in [3.63, 3.8) is 0 Å². The summed E-state index contributed by atoms with van der Waals surface area (Å²) in [6, 6.07) is 12.6. The predicted molar refractivity (Wildman–Crippen MR) is 108 cm³/mol. The van der Waals surface area contributed by atoms with Crippen LogP contribution in [0.1, 0.15) is 19.4 Å². The van der Waals surface area contributed by atoms with Gasteiger partial charge in [0, 0.05) is 17.4 Å². The molecule has 3 aromatic rings. The molecule has 0 bridgehead atoms. The molecule has 0 radical (unpaired) electrons. The van der Waals surface area contributed by atoms with Gasteiger partial charge in [0.2, 0.25) is 0 Å². The average molecular weight is 442 g/mol. The third-order valence-corrected chi connectivity index (χ3v) is 6.66. The van der Waals surface area contributed by atoms with Crippen LogP contribution in [0.25, 0.3) is 16.9 Å². The number of alkyl halides is 2. The number of benzene rings is 2. The summed E-state index contributed by atoms with van der Waals surface area (Å²) in [5.74, 6) is 1.14. The lowest BCUT2D eigenvalue weighted by Gasteiger charge is -2.07. The lowest BCUT2D eigenvalue weighted by Crippen LogP contribution is -2.36. The maximum Gasteiger partial charge on any atom is 0.387 e. The van der Waals surface area contributed by atoms with Gasteiger partial charge in [0.05, 0.1) is 10.0 Å². The Hall–Kier alpha value is -1.76. The smallest absolute Gasteiger partial charge is 0.387 e. The number of hydrogen-bond donors (Lipinski definition) is 0. The fourth-order valence-electron chi connectivity index (χ4n) is 3.31. The Morgan fingerprint density at radius 2 is 1.93 bits per heavy atom. The summed E-state index contributed by atoms with van der Waals surface area (Å²) in [5, 5.41) is 2.08. The van der Waals surface area contributed by atoms with Crippen molar-refractivity contribution in [1.29, 1.82) is 0 Å². The number of imidazole rings is 1. The molecule has 0 amide bonds. The molecule has 0 unspecified atom stereocenters. The second-order valence-corrected chi connectivity index (χ2v) is 8.22. The van der Waals surface area contributed by atoms with Crippen molar-refractivity contribution >= 4 is 35.0 Å². The number of halogens is 4. The maximum absolute atomic E-state index is 12.4. The van der Waals surface area contributed by atoms with Crippen molar-refractivity contribution in [3.05, 3.63) is 58.7 Å². The van der Waals surface area contributed by atoms with Gasteiger partial charge in [-0.15, -0.1) is 0 Å². The summed E-state index contributed by atoms with van der Waals surface area (Å²) >= 11 is 14.1. The van der Waals surface area contributed by atoms with E-state index >= 15 is 0 Å². The van der Waals surface area contributed by atoms with Crippen LogP contribution < -0.4 is 9.30 Å². The monoisotopic (exact) mass is 441 g/mol. The van der Waals surface area contributed by atoms with Crippen LogP contribution in [-0.4, -0.2) is 16.9 Å². The molecule has 1 aromatic heterocycles. The van der Waals surface area contributed by atoms with E-state index in [1.54, 1.807) is 42.1 Å². The number of aromatic nitrogens is 2. The lowest BCUT2D eigenvalue weighted by atomic mass is 10.1. The van der Waals surface area contributed by atoms with Crippen LogP contribution in [0, 0.1) is 0 Å². The van der Waals surface area contributed by atoms with E-state index in [4.69, 9.17) is 23.2 Å². The molecule has 3 nitrogen and oxygen atoms in total. The molecular formula is C20H17Cl2F2N2OS+. The minimum absolute atomic E-state index is 0.132. The van der Waals surface area contributed by atoms with Crippen molar-refractivity contribution in [2.75, 3.05) is 5.75 Å². The first-order valence-corrected chi connectivity index (χ1v) is 10.5. The molecule has 28 heavy (non-hydrogen) atoms. The fraction of sp³-hybridized carbons (Fsp3) is 0.250. The Kier molecular flexibility index (Phi) is 5.54. The molecule has 0 saturated carbocycles. The molecular weight excluding hydrogens is 425 g/mol. The molecule has 2 heterocycles. The van der Waals surface area contributed by atoms with E-state index in [-0.39, 0.29) is 5.75 Å². The zero-order valence-electron chi connectivity index (χ0n) is 14.9. The zero-order chi connectivity index (χ0) is 19.8. The van der Waals surface area contributed by atoms with Gasteiger partial charge in [0.1, 0.15) is 23.7 Å². The molecule has 0 spiro atoms. The number of thioether (sulfide) groups is 1. The van der Waals surface area contributed by atoms with E-state index in [2.05, 4.69) is 27.0 Å². The van der Waals surface area contributed by atoms with Gasteiger partial charge in [0.25, 0.3) is 0 Å². The van der Waals surface area contributed by atoms with E-state index in [1.165, 1.54) is 0 Å². The van der Waals surface area contributed by atoms with Crippen LogP contribution in [0.15, 0.2) is 53.8 Å². The van der Waals surface area contributed by atoms with E-state index in [9.17, 15) is 8.78 Å². The topological polar surface area (TPSA) is 18.0 Å². The third kappa shape index (κ3) is 3.61. The molecule has 0 fully saturated rings. The second kappa shape index (κ2) is 7.93. The van der Waals surface area contributed by atoms with Gasteiger partial charge < -0.3 is 4.74 Å². The number of hydrogen-bond acceptors (Lipinski definition) is 2. The molecule has 4 rings (SSSR count). The molecule has 1 aliphatic rings. The molecule has 2 aromatic carbocycles. The molecule has 0 aliphatic carbocycles. The first kappa shape index (κ1) is 19.6. The first-order chi connectivity index (χ1) is 13.5. The Labute approximate surface area is 175 Å². The van der Waals surface area contributed by atoms with Crippen LogP contribution in [0.3, 0.4) is 0 Å². The Balaban J connectivity index is 1.84. The van der Waals surface area contributed by atoms with Gasteiger partial charge in [-0.25, -0.2) is 4.57 Å². The van der Waals surface area contributed by atoms with Crippen molar-refractivity contribution < 1.29 is 18.1 Å². The van der Waals surface area contributed by atoms with Crippen LogP contribution in [0.5, 0.6) is 5.75 Å². The largest absolute Gasteiger partial charge is 0.435 e. The Morgan fingerprint density at radius 3 is 2.57 bits per heavy atom. The molecule has 1 aliphatic heterocycles. The lowest BCUT2D eigenvalue weighted by molar-refractivity contribution is -0.747. The number of ether oxygens (including phenoxy) is 1. The van der Waals surface area contributed by atoms with Crippen LogP contribution in [-0.2, 0) is 0 Å². The quantitative estimate of drug-likeness (QED) is 0.426. The molecule has 8 heteroatoms. The minimum Gasteiger partial charge on any atom is -0.435 e. The molecule has 0 N–H and O–H groups in total. The minimum atomic E-state index is -2.84. The van der Waals surface area contributed by atoms with Gasteiger partial charge in [-0.2, -0.15) is 13.3 Å². The van der Waals surface area contributed by atoms with Crippen LogP contribution in [0.4, 0.5) is 8.78 Å². The highest BCUT2D eigenvalue weighted by molar-refractivity contribution is 7.99. The molecule has 0 saturated heterocycles. The average Bonchev–Trinajstić information content (AvgIpc) is 3.23. The van der Waals surface area contributed by atoms with Crippen molar-refractivity contribution in [2.45, 2.75) is 31.2 Å². The standard InChI is InChI=1S/C20H17Cl2F2N2OS/c1-2-13-11-28-20-25(13)10-18(12-3-6-15(7-4-12)27-19(23)24)26(20)14-5-8-16(21)17(22)9-14/h3-10,13,19H,2,11H2,1H3/q+1/t13-/m1/s1. The van der Waals surface area contributed by atoms with E-state index in [0.717, 1.165) is 34.3 Å². The summed E-state index contributed by atoms with van der Waals surface area (Å²) < 4.78 is 33.7. The Morgan fingerprint density at radius 1 is 1.18 bits per heavy atom. The van der Waals surface area contributed by atoms with E-state index < -0.39 is 6.61 Å². The van der Waals surface area contributed by atoms with Crippen molar-refractivity contribution in [2.24, 2.45) is 0 Å². The fourth-order valence-corrected chi connectivity index (χ4v) is 5.03. The van der Waals surface area contributed by atoms with Gasteiger partial charge in [0.15, 0.2) is 5.69 Å².